The van der Waals surface area contributed by atoms with E-state index in [9.17, 15) is 0 Å². The van der Waals surface area contributed by atoms with E-state index in [2.05, 4.69) is 81.1 Å². The molecule has 0 amide bonds. The number of fused-ring (bicyclic) bond motifs is 3. The highest BCUT2D eigenvalue weighted by molar-refractivity contribution is 5.85. The van der Waals surface area contributed by atoms with Crippen LogP contribution in [0, 0.1) is 5.92 Å². The Bertz CT molecular complexity index is 974. The van der Waals surface area contributed by atoms with Crippen molar-refractivity contribution in [1.82, 2.24) is 15.1 Å². The minimum absolute atomic E-state index is 0. The highest BCUT2D eigenvalue weighted by Crippen LogP contribution is 2.35. The summed E-state index contributed by atoms with van der Waals surface area (Å²) in [5.41, 5.74) is 6.36. The van der Waals surface area contributed by atoms with Gasteiger partial charge in [-0.1, -0.05) is 54.6 Å². The molecule has 0 saturated carbocycles. The topological polar surface area (TPSA) is 72.6 Å². The van der Waals surface area contributed by atoms with Gasteiger partial charge in [-0.2, -0.15) is 0 Å². The Balaban J connectivity index is 0.00000136. The zero-order valence-electron chi connectivity index (χ0n) is 17.8. The maximum Gasteiger partial charge on any atom is 0.148 e. The fourth-order valence-electron chi connectivity index (χ4n) is 4.67. The van der Waals surface area contributed by atoms with Crippen molar-refractivity contribution in [2.24, 2.45) is 5.92 Å². The van der Waals surface area contributed by atoms with Crippen LogP contribution in [0.4, 0.5) is 5.82 Å². The molecule has 3 N–H and O–H groups in total. The lowest BCUT2D eigenvalue weighted by Gasteiger charge is -2.32. The summed E-state index contributed by atoms with van der Waals surface area (Å²) >= 11 is 0. The van der Waals surface area contributed by atoms with E-state index in [1.807, 2.05) is 0 Å². The molecule has 2 heterocycles. The van der Waals surface area contributed by atoms with Gasteiger partial charge in [0.2, 0.25) is 0 Å². The summed E-state index contributed by atoms with van der Waals surface area (Å²) in [5, 5.41) is 12.4. The second-order valence-corrected chi connectivity index (χ2v) is 8.36. The molecule has 31 heavy (non-hydrogen) atoms. The molecule has 5 nitrogen and oxygen atoms in total. The molecule has 0 radical (unpaired) electrons. The van der Waals surface area contributed by atoms with Crippen LogP contribution in [0.2, 0.25) is 0 Å². The van der Waals surface area contributed by atoms with Crippen LogP contribution in [0.1, 0.15) is 36.0 Å². The van der Waals surface area contributed by atoms with Gasteiger partial charge in [-0.3, -0.25) is 4.90 Å². The third-order valence-corrected chi connectivity index (χ3v) is 6.34. The van der Waals surface area contributed by atoms with E-state index >= 15 is 0 Å². The highest BCUT2D eigenvalue weighted by Gasteiger charge is 2.21. The van der Waals surface area contributed by atoms with Crippen molar-refractivity contribution < 1.29 is 5.48 Å². The van der Waals surface area contributed by atoms with Gasteiger partial charge < -0.3 is 10.8 Å². The van der Waals surface area contributed by atoms with E-state index < -0.39 is 0 Å². The van der Waals surface area contributed by atoms with Crippen LogP contribution in [0.25, 0.3) is 11.3 Å². The van der Waals surface area contributed by atoms with Gasteiger partial charge in [0, 0.05) is 25.1 Å². The zero-order chi connectivity index (χ0) is 19.5. The molecule has 1 aliphatic carbocycles. The Hall–Kier alpha value is -2.47. The number of hydrogen-bond donors (Lipinski definition) is 1. The Morgan fingerprint density at radius 1 is 0.903 bits per heavy atom. The predicted molar refractivity (Wildman–Crippen MR) is 129 cm³/mol. The molecule has 2 aliphatic rings. The van der Waals surface area contributed by atoms with Gasteiger partial charge in [0.15, 0.2) is 0 Å². The second kappa shape index (κ2) is 10.7. The smallest absolute Gasteiger partial charge is 0.148 e. The van der Waals surface area contributed by atoms with E-state index in [1.165, 1.54) is 54.6 Å². The van der Waals surface area contributed by atoms with Crippen LogP contribution in [-0.4, -0.2) is 40.2 Å². The largest absolute Gasteiger partial charge is 0.412 e. The molecule has 0 atom stereocenters. The van der Waals surface area contributed by atoms with Crippen molar-refractivity contribution in [3.8, 4) is 11.3 Å². The molecule has 0 bridgehead atoms. The number of halogens is 1. The first-order valence-corrected chi connectivity index (χ1v) is 10.8. The maximum absolute atomic E-state index is 4.50. The molecular formula is C25H31ClN4O. The molecular weight excluding hydrogens is 408 g/mol. The summed E-state index contributed by atoms with van der Waals surface area (Å²) in [6, 6.07) is 21.5. The SMILES string of the molecule is Cl.O.c1ccc(CN2CCC(CCNc3cc4c(nn3)-c3ccccc3C4)CC2)cc1. The number of rotatable bonds is 6. The summed E-state index contributed by atoms with van der Waals surface area (Å²) in [5.74, 6) is 1.72. The van der Waals surface area contributed by atoms with Gasteiger partial charge in [0.05, 0.1) is 5.69 Å². The van der Waals surface area contributed by atoms with Crippen molar-refractivity contribution in [3.63, 3.8) is 0 Å². The number of nitrogens with zero attached hydrogens (tertiary/aromatic N) is 3. The number of likely N-dealkylation sites (tertiary alicyclic amines) is 1. The molecule has 6 heteroatoms. The van der Waals surface area contributed by atoms with Gasteiger partial charge in [0.1, 0.15) is 5.82 Å². The van der Waals surface area contributed by atoms with E-state index in [1.54, 1.807) is 0 Å². The Morgan fingerprint density at radius 2 is 1.65 bits per heavy atom. The molecule has 5 rings (SSSR count). The van der Waals surface area contributed by atoms with Crippen molar-refractivity contribution in [2.45, 2.75) is 32.2 Å². The van der Waals surface area contributed by atoms with Crippen molar-refractivity contribution in [2.75, 3.05) is 25.0 Å². The van der Waals surface area contributed by atoms with E-state index in [0.29, 0.717) is 0 Å². The van der Waals surface area contributed by atoms with Crippen LogP contribution in [0.15, 0.2) is 60.7 Å². The quantitative estimate of drug-likeness (QED) is 0.485. The van der Waals surface area contributed by atoms with E-state index in [0.717, 1.165) is 36.9 Å². The zero-order valence-corrected chi connectivity index (χ0v) is 18.6. The lowest BCUT2D eigenvalue weighted by molar-refractivity contribution is 0.174. The van der Waals surface area contributed by atoms with Crippen LogP contribution in [0.3, 0.4) is 0 Å². The summed E-state index contributed by atoms with van der Waals surface area (Å²) in [6.45, 7) is 4.47. The Morgan fingerprint density at radius 3 is 2.45 bits per heavy atom. The molecule has 1 aromatic heterocycles. The Kier molecular flexibility index (Phi) is 8.02. The molecule has 3 aromatic rings. The number of anilines is 1. The summed E-state index contributed by atoms with van der Waals surface area (Å²) in [4.78, 5) is 2.59. The summed E-state index contributed by atoms with van der Waals surface area (Å²) in [7, 11) is 0. The third kappa shape index (κ3) is 5.42. The first-order chi connectivity index (χ1) is 14.3. The molecule has 0 spiro atoms. The number of hydrogen-bond acceptors (Lipinski definition) is 4. The van der Waals surface area contributed by atoms with Crippen LogP contribution in [-0.2, 0) is 13.0 Å². The second-order valence-electron chi connectivity index (χ2n) is 8.36. The first-order valence-electron chi connectivity index (χ1n) is 10.8. The van der Waals surface area contributed by atoms with E-state index in [4.69, 9.17) is 0 Å². The molecule has 1 fully saturated rings. The van der Waals surface area contributed by atoms with Gasteiger partial charge in [-0.15, -0.1) is 22.6 Å². The molecule has 0 unspecified atom stereocenters. The van der Waals surface area contributed by atoms with Crippen molar-refractivity contribution >= 4 is 18.2 Å². The molecule has 1 aliphatic heterocycles. The van der Waals surface area contributed by atoms with Crippen LogP contribution in [0.5, 0.6) is 0 Å². The first kappa shape index (κ1) is 23.2. The van der Waals surface area contributed by atoms with Gasteiger partial charge in [-0.25, -0.2) is 0 Å². The van der Waals surface area contributed by atoms with Gasteiger partial charge in [-0.05, 0) is 61.0 Å². The molecule has 2 aromatic carbocycles. The fraction of sp³-hybridized carbons (Fsp3) is 0.360. The number of aromatic nitrogens is 2. The lowest BCUT2D eigenvalue weighted by atomic mass is 9.93. The molecule has 164 valence electrons. The monoisotopic (exact) mass is 438 g/mol. The van der Waals surface area contributed by atoms with Crippen LogP contribution >= 0.6 is 12.4 Å². The normalized spacial score (nSPS) is 15.4. The standard InChI is InChI=1S/C25H28N4.ClH.H2O/c1-2-6-20(7-3-1)18-29-14-11-19(12-15-29)10-13-26-24-17-22-16-21-8-4-5-9-23(21)25(22)28-27-24;;/h1-9,17,19H,10-16,18H2,(H,26,27);1H;1H2. The average molecular weight is 439 g/mol. The summed E-state index contributed by atoms with van der Waals surface area (Å²) in [6.07, 6.45) is 4.76. The van der Waals surface area contributed by atoms with Gasteiger partial charge in [0.25, 0.3) is 0 Å². The minimum atomic E-state index is 0. The predicted octanol–water partition coefficient (Wildman–Crippen LogP) is 4.36. The third-order valence-electron chi connectivity index (χ3n) is 6.34. The summed E-state index contributed by atoms with van der Waals surface area (Å²) < 4.78 is 0. The van der Waals surface area contributed by atoms with Crippen molar-refractivity contribution in [1.29, 1.82) is 0 Å². The minimum Gasteiger partial charge on any atom is -0.412 e. The highest BCUT2D eigenvalue weighted by atomic mass is 35.5. The maximum atomic E-state index is 4.50. The van der Waals surface area contributed by atoms with Crippen LogP contribution < -0.4 is 5.32 Å². The number of piperidine rings is 1. The number of benzene rings is 2. The fourth-order valence-corrected chi connectivity index (χ4v) is 4.67. The van der Waals surface area contributed by atoms with Gasteiger partial charge >= 0.3 is 0 Å². The lowest BCUT2D eigenvalue weighted by Crippen LogP contribution is -2.33. The van der Waals surface area contributed by atoms with Crippen molar-refractivity contribution in [3.05, 3.63) is 77.4 Å². The average Bonchev–Trinajstić information content (AvgIpc) is 3.13. The molecule has 1 saturated heterocycles. The number of nitrogens with one attached hydrogen (secondary N) is 1. The van der Waals surface area contributed by atoms with E-state index in [-0.39, 0.29) is 17.9 Å². The Labute approximate surface area is 190 Å².